The summed E-state index contributed by atoms with van der Waals surface area (Å²) in [7, 11) is 0. The van der Waals surface area contributed by atoms with E-state index in [2.05, 4.69) is 24.5 Å². The smallest absolute Gasteiger partial charge is 0.136 e. The summed E-state index contributed by atoms with van der Waals surface area (Å²) >= 11 is 1.19. The zero-order chi connectivity index (χ0) is 10.9. The lowest BCUT2D eigenvalue weighted by molar-refractivity contribution is 0.114. The van der Waals surface area contributed by atoms with Crippen molar-refractivity contribution >= 4 is 11.8 Å². The Hall–Kier alpha value is -0.980. The second-order valence-electron chi connectivity index (χ2n) is 3.20. The zero-order valence-electron chi connectivity index (χ0n) is 8.85. The molecule has 0 aliphatic heterocycles. The average Bonchev–Trinajstić information content (AvgIpc) is 2.28. The number of hydrogen-bond acceptors (Lipinski definition) is 3. The number of thioether (sulfide) groups is 1. The molecule has 0 N–H and O–H groups in total. The van der Waals surface area contributed by atoms with E-state index < -0.39 is 0 Å². The van der Waals surface area contributed by atoms with Crippen molar-refractivity contribution in [2.75, 3.05) is 6.61 Å². The molecular weight excluding hydrogens is 206 g/mol. The van der Waals surface area contributed by atoms with Gasteiger partial charge in [-0.05, 0) is 23.7 Å². The number of thiocyanates is 1. The van der Waals surface area contributed by atoms with Crippen LogP contribution in [-0.4, -0.2) is 12.0 Å². The second-order valence-corrected chi connectivity index (χ2v) is 4.14. The Balaban J connectivity index is 2.47. The molecule has 0 aliphatic carbocycles. The van der Waals surface area contributed by atoms with Gasteiger partial charge in [0.05, 0.1) is 0 Å². The van der Waals surface area contributed by atoms with Crippen LogP contribution in [0.4, 0.5) is 0 Å². The predicted molar refractivity (Wildman–Crippen MR) is 63.4 cm³/mol. The minimum atomic E-state index is -0.0441. The molecule has 1 aromatic rings. The van der Waals surface area contributed by atoms with Gasteiger partial charge < -0.3 is 4.74 Å². The van der Waals surface area contributed by atoms with E-state index in [9.17, 15) is 0 Å². The number of nitriles is 1. The van der Waals surface area contributed by atoms with E-state index in [1.165, 1.54) is 17.3 Å². The second kappa shape index (κ2) is 7.33. The minimum Gasteiger partial charge on any atom is -0.366 e. The molecule has 0 saturated heterocycles. The van der Waals surface area contributed by atoms with Crippen LogP contribution >= 0.6 is 11.8 Å². The highest BCUT2D eigenvalue weighted by Gasteiger charge is 2.09. The third-order valence-electron chi connectivity index (χ3n) is 1.94. The first-order valence-corrected chi connectivity index (χ1v) is 5.95. The summed E-state index contributed by atoms with van der Waals surface area (Å²) in [6.45, 7) is 2.78. The Morgan fingerprint density at radius 2 is 2.13 bits per heavy atom. The van der Waals surface area contributed by atoms with Crippen LogP contribution in [0.25, 0.3) is 0 Å². The summed E-state index contributed by atoms with van der Waals surface area (Å²) in [6.07, 6.45) is 1.77. The van der Waals surface area contributed by atoms with Crippen molar-refractivity contribution in [1.82, 2.24) is 0 Å². The summed E-state index contributed by atoms with van der Waals surface area (Å²) < 4.78 is 5.58. The summed E-state index contributed by atoms with van der Waals surface area (Å²) in [5, 5.41) is 10.7. The van der Waals surface area contributed by atoms with Crippen LogP contribution in [0.3, 0.4) is 0 Å². The van der Waals surface area contributed by atoms with E-state index in [0.29, 0.717) is 6.61 Å². The van der Waals surface area contributed by atoms with E-state index in [1.807, 2.05) is 18.2 Å². The Morgan fingerprint density at radius 3 is 2.73 bits per heavy atom. The van der Waals surface area contributed by atoms with E-state index in [1.54, 1.807) is 0 Å². The van der Waals surface area contributed by atoms with Crippen LogP contribution in [0.15, 0.2) is 30.3 Å². The Morgan fingerprint density at radius 1 is 1.40 bits per heavy atom. The highest BCUT2D eigenvalue weighted by Crippen LogP contribution is 2.16. The molecule has 15 heavy (non-hydrogen) atoms. The van der Waals surface area contributed by atoms with Gasteiger partial charge in [-0.15, -0.1) is 0 Å². The molecule has 0 aliphatic rings. The molecule has 80 valence electrons. The normalized spacial score (nSPS) is 12.0. The number of benzene rings is 1. The van der Waals surface area contributed by atoms with Crippen molar-refractivity contribution in [3.63, 3.8) is 0 Å². The van der Waals surface area contributed by atoms with Gasteiger partial charge in [-0.2, -0.15) is 5.26 Å². The molecular formula is C12H15NOS. The van der Waals surface area contributed by atoms with Gasteiger partial charge in [-0.1, -0.05) is 37.3 Å². The molecule has 2 nitrogen and oxygen atoms in total. The van der Waals surface area contributed by atoms with E-state index in [-0.39, 0.29) is 5.44 Å². The Kier molecular flexibility index (Phi) is 5.91. The van der Waals surface area contributed by atoms with Gasteiger partial charge in [0.25, 0.3) is 0 Å². The van der Waals surface area contributed by atoms with Crippen molar-refractivity contribution in [3.8, 4) is 5.40 Å². The summed E-state index contributed by atoms with van der Waals surface area (Å²) in [5.74, 6) is 0. The maximum absolute atomic E-state index is 8.65. The van der Waals surface area contributed by atoms with Crippen LogP contribution in [0.2, 0.25) is 0 Å². The summed E-state index contributed by atoms with van der Waals surface area (Å²) in [5.41, 5.74) is 1.17. The molecule has 0 heterocycles. The van der Waals surface area contributed by atoms with Gasteiger partial charge in [0.15, 0.2) is 0 Å². The molecule has 1 unspecified atom stereocenters. The van der Waals surface area contributed by atoms with Gasteiger partial charge in [0, 0.05) is 13.0 Å². The topological polar surface area (TPSA) is 33.0 Å². The van der Waals surface area contributed by atoms with Crippen LogP contribution < -0.4 is 0 Å². The maximum atomic E-state index is 8.65. The number of ether oxygens (including phenoxy) is 1. The van der Waals surface area contributed by atoms with Gasteiger partial charge in [0.1, 0.15) is 10.8 Å². The largest absolute Gasteiger partial charge is 0.366 e. The maximum Gasteiger partial charge on any atom is 0.136 e. The molecule has 1 rings (SSSR count). The fourth-order valence-corrected chi connectivity index (χ4v) is 1.81. The van der Waals surface area contributed by atoms with Crippen molar-refractivity contribution in [1.29, 1.82) is 5.26 Å². The Labute approximate surface area is 95.3 Å². The van der Waals surface area contributed by atoms with Crippen LogP contribution in [-0.2, 0) is 11.2 Å². The van der Waals surface area contributed by atoms with Crippen molar-refractivity contribution in [2.45, 2.75) is 25.2 Å². The molecule has 0 radical (unpaired) electrons. The summed E-state index contributed by atoms with van der Waals surface area (Å²) in [4.78, 5) is 0. The molecule has 1 aromatic carbocycles. The molecule has 3 heteroatoms. The van der Waals surface area contributed by atoms with Gasteiger partial charge in [-0.25, -0.2) is 0 Å². The number of hydrogen-bond donors (Lipinski definition) is 0. The zero-order valence-corrected chi connectivity index (χ0v) is 9.67. The van der Waals surface area contributed by atoms with Crippen LogP contribution in [0.1, 0.15) is 18.9 Å². The van der Waals surface area contributed by atoms with Gasteiger partial charge >= 0.3 is 0 Å². The first-order valence-electron chi connectivity index (χ1n) is 5.07. The third-order valence-corrected chi connectivity index (χ3v) is 2.61. The number of rotatable bonds is 6. The fraction of sp³-hybridized carbons (Fsp3) is 0.417. The van der Waals surface area contributed by atoms with Crippen LogP contribution in [0.5, 0.6) is 0 Å². The molecule has 0 bridgehead atoms. The van der Waals surface area contributed by atoms with Crippen molar-refractivity contribution < 1.29 is 4.74 Å². The highest BCUT2D eigenvalue weighted by atomic mass is 32.2. The Bertz CT molecular complexity index is 307. The van der Waals surface area contributed by atoms with Gasteiger partial charge in [-0.3, -0.25) is 0 Å². The lowest BCUT2D eigenvalue weighted by atomic mass is 10.2. The predicted octanol–water partition coefficient (Wildman–Crippen LogP) is 3.20. The standard InChI is InChI=1S/C12H15NOS/c1-2-8-14-12(15-10-13)9-11-6-4-3-5-7-11/h3-7,12H,2,8-9H2,1H3. The first-order chi connectivity index (χ1) is 7.36. The molecule has 0 spiro atoms. The van der Waals surface area contributed by atoms with Crippen molar-refractivity contribution in [2.24, 2.45) is 0 Å². The fourth-order valence-electron chi connectivity index (χ4n) is 1.25. The molecule has 0 amide bonds. The summed E-state index contributed by atoms with van der Waals surface area (Å²) in [6, 6.07) is 10.1. The first kappa shape index (κ1) is 12.1. The third kappa shape index (κ3) is 4.87. The molecule has 0 fully saturated rings. The monoisotopic (exact) mass is 221 g/mol. The van der Waals surface area contributed by atoms with E-state index in [4.69, 9.17) is 10.00 Å². The van der Waals surface area contributed by atoms with Crippen molar-refractivity contribution in [3.05, 3.63) is 35.9 Å². The quantitative estimate of drug-likeness (QED) is 0.546. The lowest BCUT2D eigenvalue weighted by Crippen LogP contribution is -2.11. The van der Waals surface area contributed by atoms with Crippen LogP contribution in [0, 0.1) is 10.7 Å². The van der Waals surface area contributed by atoms with E-state index >= 15 is 0 Å². The molecule has 0 aromatic heterocycles. The molecule has 0 saturated carbocycles. The lowest BCUT2D eigenvalue weighted by Gasteiger charge is -2.13. The number of nitrogens with zero attached hydrogens (tertiary/aromatic N) is 1. The van der Waals surface area contributed by atoms with E-state index in [0.717, 1.165) is 12.8 Å². The highest BCUT2D eigenvalue weighted by molar-refractivity contribution is 8.04. The van der Waals surface area contributed by atoms with Gasteiger partial charge in [0.2, 0.25) is 0 Å². The molecule has 1 atom stereocenters. The SMILES string of the molecule is CCCOC(Cc1ccccc1)SC#N. The minimum absolute atomic E-state index is 0.0441. The average molecular weight is 221 g/mol.